The molecular weight excluding hydrogens is 352 g/mol. The highest BCUT2D eigenvalue weighted by molar-refractivity contribution is 6.54. The first-order valence-corrected chi connectivity index (χ1v) is 8.20. The number of rotatable bonds is 4. The first-order chi connectivity index (χ1) is 13.1. The van der Waals surface area contributed by atoms with Crippen LogP contribution < -0.4 is 14.4 Å². The van der Waals surface area contributed by atoms with Crippen molar-refractivity contribution in [3.8, 4) is 11.5 Å². The van der Waals surface area contributed by atoms with Crippen molar-refractivity contribution in [3.63, 3.8) is 0 Å². The van der Waals surface area contributed by atoms with Gasteiger partial charge in [0.25, 0.3) is 11.6 Å². The molecule has 9 nitrogen and oxygen atoms in total. The third-order valence-electron chi connectivity index (χ3n) is 4.29. The summed E-state index contributed by atoms with van der Waals surface area (Å²) in [5.74, 6) is 0.453. The molecule has 1 amide bonds. The molecule has 2 aliphatic heterocycles. The molecular formula is C18H14N4O5. The van der Waals surface area contributed by atoms with E-state index in [-0.39, 0.29) is 29.7 Å². The van der Waals surface area contributed by atoms with Crippen LogP contribution in [0.25, 0.3) is 0 Å². The number of carbonyl (C=O) groups excluding carboxylic acids is 1. The molecule has 2 heterocycles. The molecule has 0 bridgehead atoms. The number of carbonyl (C=O) groups is 1. The molecule has 0 spiro atoms. The first kappa shape index (κ1) is 16.7. The topological polar surface area (TPSA) is 107 Å². The second kappa shape index (κ2) is 6.52. The van der Waals surface area contributed by atoms with Gasteiger partial charge >= 0.3 is 0 Å². The maximum atomic E-state index is 12.5. The molecule has 2 aromatic carbocycles. The number of hydrogen-bond donors (Lipinski definition) is 0. The smallest absolute Gasteiger partial charge is 0.282 e. The van der Waals surface area contributed by atoms with Crippen molar-refractivity contribution in [2.24, 2.45) is 10.2 Å². The van der Waals surface area contributed by atoms with Crippen LogP contribution in [0.15, 0.2) is 46.6 Å². The minimum Gasteiger partial charge on any atom is -0.454 e. The molecule has 9 heteroatoms. The van der Waals surface area contributed by atoms with E-state index in [1.807, 2.05) is 25.1 Å². The highest BCUT2D eigenvalue weighted by Crippen LogP contribution is 2.37. The summed E-state index contributed by atoms with van der Waals surface area (Å²) in [4.78, 5) is 24.9. The summed E-state index contributed by atoms with van der Waals surface area (Å²) in [5, 5.41) is 19.2. The van der Waals surface area contributed by atoms with Crippen LogP contribution in [0.3, 0.4) is 0 Å². The Balaban J connectivity index is 1.70. The molecule has 2 aromatic rings. The number of para-hydroxylation sites is 1. The van der Waals surface area contributed by atoms with Gasteiger partial charge in [-0.25, -0.2) is 0 Å². The van der Waals surface area contributed by atoms with Crippen molar-refractivity contribution >= 4 is 29.2 Å². The number of fused-ring (bicyclic) bond motifs is 2. The Labute approximate surface area is 153 Å². The average molecular weight is 366 g/mol. The quantitative estimate of drug-likeness (QED) is 0.469. The van der Waals surface area contributed by atoms with Gasteiger partial charge in [0.2, 0.25) is 6.79 Å². The minimum absolute atomic E-state index is 0.00746. The van der Waals surface area contributed by atoms with E-state index in [2.05, 4.69) is 10.2 Å². The summed E-state index contributed by atoms with van der Waals surface area (Å²) in [5.41, 5.74) is 1.68. The van der Waals surface area contributed by atoms with Gasteiger partial charge in [0, 0.05) is 12.1 Å². The number of likely N-dealkylation sites (N-methyl/N-ethyl adjacent to an activating group) is 1. The summed E-state index contributed by atoms with van der Waals surface area (Å²) < 4.78 is 10.4. The van der Waals surface area contributed by atoms with Crippen LogP contribution in [0, 0.1) is 10.1 Å². The molecule has 0 unspecified atom stereocenters. The van der Waals surface area contributed by atoms with E-state index in [1.165, 1.54) is 18.3 Å². The summed E-state index contributed by atoms with van der Waals surface area (Å²) >= 11 is 0. The van der Waals surface area contributed by atoms with Gasteiger partial charge in [-0.1, -0.05) is 18.2 Å². The number of nitro groups is 1. The van der Waals surface area contributed by atoms with Crippen LogP contribution in [-0.4, -0.2) is 36.1 Å². The molecule has 0 fully saturated rings. The van der Waals surface area contributed by atoms with E-state index in [9.17, 15) is 14.9 Å². The lowest BCUT2D eigenvalue weighted by Crippen LogP contribution is -2.29. The molecule has 0 saturated heterocycles. The van der Waals surface area contributed by atoms with Crippen molar-refractivity contribution in [3.05, 3.63) is 57.6 Å². The van der Waals surface area contributed by atoms with Crippen molar-refractivity contribution in [1.29, 1.82) is 0 Å². The number of hydrogen-bond acceptors (Lipinski definition) is 7. The fourth-order valence-corrected chi connectivity index (χ4v) is 3.03. The largest absolute Gasteiger partial charge is 0.454 e. The molecule has 0 atom stereocenters. The number of nitrogens with zero attached hydrogens (tertiary/aromatic N) is 4. The third kappa shape index (κ3) is 2.78. The molecule has 0 radical (unpaired) electrons. The van der Waals surface area contributed by atoms with E-state index in [0.29, 0.717) is 23.6 Å². The summed E-state index contributed by atoms with van der Waals surface area (Å²) in [6, 6.07) is 10.0. The number of anilines is 1. The first-order valence-electron chi connectivity index (χ1n) is 8.20. The van der Waals surface area contributed by atoms with Gasteiger partial charge in [-0.3, -0.25) is 14.9 Å². The van der Waals surface area contributed by atoms with E-state index in [0.717, 1.165) is 5.69 Å². The fraction of sp³-hybridized carbons (Fsp3) is 0.167. The lowest BCUT2D eigenvalue weighted by atomic mass is 10.1. The number of benzene rings is 2. The van der Waals surface area contributed by atoms with Crippen LogP contribution in [0.1, 0.15) is 18.1 Å². The standard InChI is InChI=1S/C18H14N4O5/c1-2-21-13-6-4-3-5-12(13)17(18(21)23)20-19-9-11-7-15-16(27-10-26-15)8-14(11)22(24)25/h3-9H,2,10H2,1H3/b19-9-,20-17+. The zero-order valence-corrected chi connectivity index (χ0v) is 14.3. The predicted molar refractivity (Wildman–Crippen MR) is 97.8 cm³/mol. The number of nitro benzene ring substituents is 1. The maximum absolute atomic E-state index is 12.5. The normalized spacial score (nSPS) is 16.4. The van der Waals surface area contributed by atoms with Gasteiger partial charge in [-0.2, -0.15) is 5.10 Å². The van der Waals surface area contributed by atoms with Gasteiger partial charge in [-0.05, 0) is 19.1 Å². The summed E-state index contributed by atoms with van der Waals surface area (Å²) in [6.07, 6.45) is 1.23. The Morgan fingerprint density at radius 1 is 1.26 bits per heavy atom. The van der Waals surface area contributed by atoms with Crippen LogP contribution in [-0.2, 0) is 4.79 Å². The number of amides is 1. The Hall–Kier alpha value is -3.75. The predicted octanol–water partition coefficient (Wildman–Crippen LogP) is 2.51. The second-order valence-corrected chi connectivity index (χ2v) is 5.78. The van der Waals surface area contributed by atoms with Crippen LogP contribution in [0.2, 0.25) is 0 Å². The van der Waals surface area contributed by atoms with Crippen molar-refractivity contribution in [1.82, 2.24) is 0 Å². The van der Waals surface area contributed by atoms with Crippen molar-refractivity contribution in [2.75, 3.05) is 18.2 Å². The summed E-state index contributed by atoms with van der Waals surface area (Å²) in [6.45, 7) is 2.39. The van der Waals surface area contributed by atoms with E-state index in [1.54, 1.807) is 11.0 Å². The van der Waals surface area contributed by atoms with Gasteiger partial charge in [-0.15, -0.1) is 5.10 Å². The molecule has 136 valence electrons. The highest BCUT2D eigenvalue weighted by Gasteiger charge is 2.32. The van der Waals surface area contributed by atoms with Crippen molar-refractivity contribution < 1.29 is 19.2 Å². The lowest BCUT2D eigenvalue weighted by Gasteiger charge is -2.12. The van der Waals surface area contributed by atoms with Gasteiger partial charge in [0.15, 0.2) is 17.2 Å². The Kier molecular flexibility index (Phi) is 4.03. The Morgan fingerprint density at radius 3 is 2.74 bits per heavy atom. The fourth-order valence-electron chi connectivity index (χ4n) is 3.03. The highest BCUT2D eigenvalue weighted by atomic mass is 16.7. The zero-order chi connectivity index (χ0) is 19.0. The lowest BCUT2D eigenvalue weighted by molar-refractivity contribution is -0.385. The van der Waals surface area contributed by atoms with Gasteiger partial charge in [0.05, 0.1) is 28.5 Å². The third-order valence-corrected chi connectivity index (χ3v) is 4.29. The Bertz CT molecular complexity index is 1010. The minimum atomic E-state index is -0.536. The molecule has 0 aliphatic carbocycles. The molecule has 2 aliphatic rings. The van der Waals surface area contributed by atoms with Crippen LogP contribution in [0.4, 0.5) is 11.4 Å². The molecule has 4 rings (SSSR count). The van der Waals surface area contributed by atoms with Crippen LogP contribution in [0.5, 0.6) is 11.5 Å². The molecule has 0 saturated carbocycles. The Morgan fingerprint density at radius 2 is 2.00 bits per heavy atom. The summed E-state index contributed by atoms with van der Waals surface area (Å²) in [7, 11) is 0. The van der Waals surface area contributed by atoms with Gasteiger partial charge in [0.1, 0.15) is 0 Å². The molecule has 27 heavy (non-hydrogen) atoms. The van der Waals surface area contributed by atoms with Gasteiger partial charge < -0.3 is 14.4 Å². The van der Waals surface area contributed by atoms with Crippen molar-refractivity contribution in [2.45, 2.75) is 6.92 Å². The molecule has 0 aromatic heterocycles. The zero-order valence-electron chi connectivity index (χ0n) is 14.3. The molecule has 0 N–H and O–H groups in total. The maximum Gasteiger partial charge on any atom is 0.282 e. The van der Waals surface area contributed by atoms with Crippen LogP contribution >= 0.6 is 0 Å². The second-order valence-electron chi connectivity index (χ2n) is 5.78. The number of ether oxygens (including phenoxy) is 2. The van der Waals surface area contributed by atoms with E-state index < -0.39 is 4.92 Å². The van der Waals surface area contributed by atoms with E-state index in [4.69, 9.17) is 9.47 Å². The monoisotopic (exact) mass is 366 g/mol. The average Bonchev–Trinajstić information content (AvgIpc) is 3.23. The van der Waals surface area contributed by atoms with E-state index >= 15 is 0 Å². The SMILES string of the molecule is CCN1C(=O)/C(=N/N=C\c2cc3c(cc2[N+](=O)[O-])OCO3)c2ccccc21.